The minimum atomic E-state index is -0.858. The first kappa shape index (κ1) is 27.1. The summed E-state index contributed by atoms with van der Waals surface area (Å²) in [4.78, 5) is 43.9. The molecule has 5 heterocycles. The van der Waals surface area contributed by atoms with E-state index in [0.29, 0.717) is 16.9 Å². The lowest BCUT2D eigenvalue weighted by Crippen LogP contribution is -2.44. The van der Waals surface area contributed by atoms with Crippen LogP contribution in [0.4, 0.5) is 5.82 Å². The van der Waals surface area contributed by atoms with Gasteiger partial charge in [-0.2, -0.15) is 11.8 Å². The summed E-state index contributed by atoms with van der Waals surface area (Å²) in [5.74, 6) is -0.145. The number of anilines is 1. The summed E-state index contributed by atoms with van der Waals surface area (Å²) in [6, 6.07) is 0. The molecule has 0 spiro atoms. The molecule has 0 aliphatic carbocycles. The molecule has 2 N–H and O–H groups in total. The van der Waals surface area contributed by atoms with Crippen LogP contribution in [0, 0.1) is 11.8 Å². The fraction of sp³-hybridized carbons (Fsp3) is 0.720. The number of aromatic nitrogens is 4. The zero-order valence-electron chi connectivity index (χ0n) is 22.2. The Bertz CT molecular complexity index is 1130. The van der Waals surface area contributed by atoms with Gasteiger partial charge in [0.25, 0.3) is 0 Å². The highest BCUT2D eigenvalue weighted by Crippen LogP contribution is 2.38. The summed E-state index contributed by atoms with van der Waals surface area (Å²) in [5.41, 5.74) is 6.92. The molecule has 0 saturated carbocycles. The van der Waals surface area contributed by atoms with Crippen LogP contribution in [0.15, 0.2) is 12.7 Å². The molecule has 208 valence electrons. The third-order valence-corrected chi connectivity index (χ3v) is 8.55. The Balaban J connectivity index is 1.44. The van der Waals surface area contributed by atoms with Crippen molar-refractivity contribution in [2.45, 2.75) is 50.2 Å². The highest BCUT2D eigenvalue weighted by molar-refractivity contribution is 7.98. The molecular weight excluding hydrogens is 510 g/mol. The fourth-order valence-corrected chi connectivity index (χ4v) is 6.10. The van der Waals surface area contributed by atoms with Gasteiger partial charge in [-0.15, -0.1) is 0 Å². The third-order valence-electron chi connectivity index (χ3n) is 7.89. The minimum Gasteiger partial charge on any atom is -0.455 e. The number of esters is 2. The predicted molar refractivity (Wildman–Crippen MR) is 142 cm³/mol. The summed E-state index contributed by atoms with van der Waals surface area (Å²) in [6.45, 7) is 3.34. The maximum Gasteiger partial charge on any atom is 0.309 e. The van der Waals surface area contributed by atoms with Crippen molar-refractivity contribution in [2.75, 3.05) is 58.0 Å². The van der Waals surface area contributed by atoms with Crippen molar-refractivity contribution >= 4 is 40.7 Å². The molecule has 13 heteroatoms. The Hall–Kier alpha value is -2.48. The molecule has 0 unspecified atom stereocenters. The van der Waals surface area contributed by atoms with Crippen molar-refractivity contribution in [1.29, 1.82) is 0 Å². The van der Waals surface area contributed by atoms with Gasteiger partial charge in [-0.3, -0.25) is 14.2 Å². The monoisotopic (exact) mass is 547 g/mol. The van der Waals surface area contributed by atoms with Crippen molar-refractivity contribution in [3.8, 4) is 0 Å². The van der Waals surface area contributed by atoms with Crippen LogP contribution in [0.5, 0.6) is 0 Å². The van der Waals surface area contributed by atoms with Crippen molar-refractivity contribution in [2.24, 2.45) is 11.8 Å². The van der Waals surface area contributed by atoms with Crippen LogP contribution in [0.1, 0.15) is 31.9 Å². The Morgan fingerprint density at radius 3 is 2.13 bits per heavy atom. The maximum absolute atomic E-state index is 13.4. The molecule has 4 atom stereocenters. The molecule has 0 bridgehead atoms. The average Bonchev–Trinajstić information content (AvgIpc) is 3.47. The fourth-order valence-electron chi connectivity index (χ4n) is 5.50. The van der Waals surface area contributed by atoms with Crippen molar-refractivity contribution in [1.82, 2.24) is 29.3 Å². The number of fused-ring (bicyclic) bond motifs is 1. The standard InChI is InChI=1S/C25H37N7O5S/c1-30-8-4-15(5-9-30)24(33)36-19-17(12-38-3)35-23(32-14-29-18-21(26)27-13-28-22(18)32)20(19)37-25(34)16-6-10-31(2)11-7-16/h13-17,19-20,23H,4-12H2,1-3H3,(H2,26,27,28)/t17-,19-,20-,23-/m1/s1. The van der Waals surface area contributed by atoms with E-state index in [1.54, 1.807) is 22.7 Å². The topological polar surface area (TPSA) is 138 Å². The largest absolute Gasteiger partial charge is 0.455 e. The molecule has 3 fully saturated rings. The Morgan fingerprint density at radius 1 is 0.974 bits per heavy atom. The molecule has 3 saturated heterocycles. The smallest absolute Gasteiger partial charge is 0.309 e. The average molecular weight is 548 g/mol. The third kappa shape index (κ3) is 5.61. The Morgan fingerprint density at radius 2 is 1.55 bits per heavy atom. The highest BCUT2D eigenvalue weighted by Gasteiger charge is 2.51. The lowest BCUT2D eigenvalue weighted by atomic mass is 9.97. The number of nitrogen functional groups attached to an aromatic ring is 1. The van der Waals surface area contributed by atoms with E-state index in [2.05, 4.69) is 31.8 Å². The van der Waals surface area contributed by atoms with E-state index in [1.807, 2.05) is 13.3 Å². The maximum atomic E-state index is 13.4. The van der Waals surface area contributed by atoms with Gasteiger partial charge < -0.3 is 29.7 Å². The number of carbonyl (C=O) groups excluding carboxylic acids is 2. The Kier molecular flexibility index (Phi) is 8.36. The Labute approximate surface area is 226 Å². The van der Waals surface area contributed by atoms with Gasteiger partial charge in [-0.25, -0.2) is 15.0 Å². The van der Waals surface area contributed by atoms with Crippen LogP contribution in [0.3, 0.4) is 0 Å². The predicted octanol–water partition coefficient (Wildman–Crippen LogP) is 1.18. The number of hydrogen-bond donors (Lipinski definition) is 1. The lowest BCUT2D eigenvalue weighted by Gasteiger charge is -2.32. The second-order valence-corrected chi connectivity index (χ2v) is 11.5. The van der Waals surface area contributed by atoms with Gasteiger partial charge in [0.05, 0.1) is 18.2 Å². The number of thioether (sulfide) groups is 1. The number of likely N-dealkylation sites (tertiary alicyclic amines) is 2. The van der Waals surface area contributed by atoms with Gasteiger partial charge in [-0.1, -0.05) is 0 Å². The van der Waals surface area contributed by atoms with Crippen LogP contribution in [0.2, 0.25) is 0 Å². The second-order valence-electron chi connectivity index (χ2n) is 10.6. The van der Waals surface area contributed by atoms with Crippen molar-refractivity contribution < 1.29 is 23.8 Å². The van der Waals surface area contributed by atoms with Crippen LogP contribution in [-0.4, -0.2) is 112 Å². The van der Waals surface area contributed by atoms with E-state index in [1.165, 1.54) is 6.33 Å². The lowest BCUT2D eigenvalue weighted by molar-refractivity contribution is -0.175. The van der Waals surface area contributed by atoms with Crippen LogP contribution in [0.25, 0.3) is 11.2 Å². The summed E-state index contributed by atoms with van der Waals surface area (Å²) >= 11 is 1.58. The summed E-state index contributed by atoms with van der Waals surface area (Å²) < 4.78 is 20.5. The van der Waals surface area contributed by atoms with Gasteiger partial charge in [0.2, 0.25) is 0 Å². The number of nitrogens with zero attached hydrogens (tertiary/aromatic N) is 6. The molecule has 5 rings (SSSR count). The number of hydrogen-bond acceptors (Lipinski definition) is 12. The van der Waals surface area contributed by atoms with E-state index < -0.39 is 24.5 Å². The number of nitrogens with two attached hydrogens (primary N) is 1. The van der Waals surface area contributed by atoms with Crippen LogP contribution < -0.4 is 5.73 Å². The first-order valence-electron chi connectivity index (χ1n) is 13.2. The second kappa shape index (κ2) is 11.7. The zero-order valence-corrected chi connectivity index (χ0v) is 23.0. The molecule has 0 amide bonds. The minimum absolute atomic E-state index is 0.188. The van der Waals surface area contributed by atoms with Crippen molar-refractivity contribution in [3.63, 3.8) is 0 Å². The molecule has 2 aromatic rings. The van der Waals surface area contributed by atoms with Crippen LogP contribution in [-0.2, 0) is 23.8 Å². The van der Waals surface area contributed by atoms with Gasteiger partial charge in [0, 0.05) is 5.75 Å². The summed E-state index contributed by atoms with van der Waals surface area (Å²) in [5, 5.41) is 0. The molecule has 38 heavy (non-hydrogen) atoms. The van der Waals surface area contributed by atoms with Gasteiger partial charge >= 0.3 is 11.9 Å². The van der Waals surface area contributed by atoms with Gasteiger partial charge in [0.15, 0.2) is 29.9 Å². The van der Waals surface area contributed by atoms with Gasteiger partial charge in [0.1, 0.15) is 17.9 Å². The van der Waals surface area contributed by atoms with E-state index in [9.17, 15) is 9.59 Å². The first-order chi connectivity index (χ1) is 18.4. The number of ether oxygens (including phenoxy) is 3. The molecule has 12 nitrogen and oxygen atoms in total. The van der Waals surface area contributed by atoms with E-state index in [4.69, 9.17) is 19.9 Å². The molecule has 0 radical (unpaired) electrons. The molecule has 3 aliphatic rings. The zero-order chi connectivity index (χ0) is 26.8. The summed E-state index contributed by atoms with van der Waals surface area (Å²) in [6.07, 6.45) is 4.94. The molecule has 3 aliphatic heterocycles. The van der Waals surface area contributed by atoms with E-state index >= 15 is 0 Å². The molecular formula is C25H37N7O5S. The normalized spacial score (nSPS) is 28.1. The van der Waals surface area contributed by atoms with E-state index in [-0.39, 0.29) is 29.6 Å². The van der Waals surface area contributed by atoms with Gasteiger partial charge in [-0.05, 0) is 72.2 Å². The number of carbonyl (C=O) groups is 2. The number of piperidine rings is 2. The number of imidazole rings is 1. The van der Waals surface area contributed by atoms with Crippen molar-refractivity contribution in [3.05, 3.63) is 12.7 Å². The van der Waals surface area contributed by atoms with Crippen LogP contribution >= 0.6 is 11.8 Å². The molecule has 0 aromatic carbocycles. The highest BCUT2D eigenvalue weighted by atomic mass is 32.2. The quantitative estimate of drug-likeness (QED) is 0.498. The summed E-state index contributed by atoms with van der Waals surface area (Å²) in [7, 11) is 4.10. The first-order valence-corrected chi connectivity index (χ1v) is 14.6. The SMILES string of the molecule is CSC[C@H]1O[C@@H](n2cnc3c(N)ncnc32)[C@H](OC(=O)C2CCN(C)CC2)[C@@H]1OC(=O)C1CCN(C)CC1. The van der Waals surface area contributed by atoms with E-state index in [0.717, 1.165) is 51.9 Å². The number of rotatable bonds is 7. The molecule has 2 aromatic heterocycles.